The van der Waals surface area contributed by atoms with Gasteiger partial charge in [-0.2, -0.15) is 43.2 Å². The average molecular weight is 324 g/mol. The van der Waals surface area contributed by atoms with Crippen molar-refractivity contribution in [1.29, 1.82) is 0 Å². The van der Waals surface area contributed by atoms with Gasteiger partial charge in [0.1, 0.15) is 0 Å². The van der Waals surface area contributed by atoms with Crippen LogP contribution in [0.5, 0.6) is 0 Å². The Balaban J connectivity index is -0.000000218. The van der Waals surface area contributed by atoms with Crippen LogP contribution in [-0.2, 0) is 20.2 Å². The molecule has 0 saturated carbocycles. The Labute approximate surface area is 107 Å². The van der Waals surface area contributed by atoms with Gasteiger partial charge in [-0.1, -0.05) is 0 Å². The lowest BCUT2D eigenvalue weighted by Gasteiger charge is -1.97. The molecule has 0 heterocycles. The predicted molar refractivity (Wildman–Crippen MR) is 41.0 cm³/mol. The van der Waals surface area contributed by atoms with Gasteiger partial charge in [0, 0.05) is 23.1 Å². The zero-order valence-corrected chi connectivity index (χ0v) is 10.4. The van der Waals surface area contributed by atoms with Crippen LogP contribution in [-0.4, -0.2) is 60.0 Å². The van der Waals surface area contributed by atoms with Gasteiger partial charge in [-0.15, -0.1) is 0 Å². The molecule has 15 heteroatoms. The highest BCUT2D eigenvalue weighted by Crippen LogP contribution is 2.21. The molecule has 0 bridgehead atoms. The molecule has 2 N–H and O–H groups in total. The molecule has 6 nitrogen and oxygen atoms in total. The van der Waals surface area contributed by atoms with E-state index in [-0.39, 0.29) is 23.1 Å². The Morgan fingerprint density at radius 2 is 0.706 bits per heavy atom. The lowest BCUT2D eigenvalue weighted by molar-refractivity contribution is -0.0514. The van der Waals surface area contributed by atoms with Gasteiger partial charge in [0.2, 0.25) is 0 Å². The van der Waals surface area contributed by atoms with Crippen LogP contribution in [0.1, 0.15) is 0 Å². The van der Waals surface area contributed by atoms with Crippen LogP contribution in [0.2, 0.25) is 0 Å². The molecule has 0 amide bonds. The third kappa shape index (κ3) is 9.83. The van der Waals surface area contributed by atoms with Gasteiger partial charge in [0.25, 0.3) is 0 Å². The van der Waals surface area contributed by atoms with Crippen molar-refractivity contribution in [1.82, 2.24) is 0 Å². The molecule has 0 aromatic heterocycles. The molecule has 0 aliphatic heterocycles. The monoisotopic (exact) mass is 324 g/mol. The number of halogens is 6. The van der Waals surface area contributed by atoms with Gasteiger partial charge in [0.15, 0.2) is 0 Å². The molecule has 0 spiro atoms. The predicted octanol–water partition coefficient (Wildman–Crippen LogP) is 0.407. The summed E-state index contributed by atoms with van der Waals surface area (Å²) in [6.45, 7) is 0. The standard InChI is InChI=1S/2CHF3O3S.Mg/c2*2-1(3,4)8(5,6)7;/h2*(H,5,6,7);. The van der Waals surface area contributed by atoms with Crippen LogP contribution in [0.4, 0.5) is 26.3 Å². The third-order valence-electron chi connectivity index (χ3n) is 0.585. The first-order valence-electron chi connectivity index (χ1n) is 2.57. The van der Waals surface area contributed by atoms with Crippen molar-refractivity contribution in [2.75, 3.05) is 0 Å². The minimum absolute atomic E-state index is 0. The summed E-state index contributed by atoms with van der Waals surface area (Å²) < 4.78 is 115. The van der Waals surface area contributed by atoms with Crippen molar-refractivity contribution in [3.05, 3.63) is 0 Å². The van der Waals surface area contributed by atoms with Gasteiger partial charge in [-0.05, 0) is 0 Å². The van der Waals surface area contributed by atoms with E-state index >= 15 is 0 Å². The van der Waals surface area contributed by atoms with E-state index in [2.05, 4.69) is 0 Å². The molecule has 17 heavy (non-hydrogen) atoms. The molecule has 0 fully saturated rings. The van der Waals surface area contributed by atoms with E-state index < -0.39 is 31.3 Å². The van der Waals surface area contributed by atoms with E-state index in [0.717, 1.165) is 0 Å². The highest BCUT2D eigenvalue weighted by molar-refractivity contribution is 7.86. The number of hydrogen-bond donors (Lipinski definition) is 2. The fraction of sp³-hybridized carbons (Fsp3) is 1.00. The molecule has 102 valence electrons. The van der Waals surface area contributed by atoms with E-state index in [1.54, 1.807) is 0 Å². The average Bonchev–Trinajstić information content (AvgIpc) is 1.77. The fourth-order valence-electron chi connectivity index (χ4n) is 0. The summed E-state index contributed by atoms with van der Waals surface area (Å²) in [6, 6.07) is 0. The van der Waals surface area contributed by atoms with Gasteiger partial charge >= 0.3 is 31.3 Å². The lowest BCUT2D eigenvalue weighted by atomic mass is 11.6. The largest absolute Gasteiger partial charge is 0.522 e. The Bertz CT molecular complexity index is 374. The molecule has 0 saturated heterocycles. The van der Waals surface area contributed by atoms with Crippen LogP contribution >= 0.6 is 0 Å². The SMILES string of the molecule is O=S(=O)(O)C(F)(F)F.O=S(=O)(O)C(F)(F)F.[Mg]. The maximum absolute atomic E-state index is 10.7. The molecule has 0 aromatic carbocycles. The third-order valence-corrected chi connectivity index (χ3v) is 1.75. The highest BCUT2D eigenvalue weighted by atomic mass is 32.2. The summed E-state index contributed by atoms with van der Waals surface area (Å²) in [7, 11) is -11.7. The summed E-state index contributed by atoms with van der Waals surface area (Å²) in [4.78, 5) is 0. The normalized spacial score (nSPS) is 13.2. The zero-order valence-electron chi connectivity index (χ0n) is 7.32. The van der Waals surface area contributed by atoms with Crippen molar-refractivity contribution < 1.29 is 52.3 Å². The first-order valence-corrected chi connectivity index (χ1v) is 5.45. The van der Waals surface area contributed by atoms with Gasteiger partial charge in [-0.25, -0.2) is 0 Å². The molecule has 0 aliphatic carbocycles. The van der Waals surface area contributed by atoms with Gasteiger partial charge in [0.05, 0.1) is 0 Å². The lowest BCUT2D eigenvalue weighted by Crippen LogP contribution is -2.21. The van der Waals surface area contributed by atoms with E-state index in [1.165, 1.54) is 0 Å². The minimum atomic E-state index is -5.84. The van der Waals surface area contributed by atoms with Crippen molar-refractivity contribution in [2.24, 2.45) is 0 Å². The molecule has 0 unspecified atom stereocenters. The number of hydrogen-bond acceptors (Lipinski definition) is 4. The molecule has 0 atom stereocenters. The first kappa shape index (κ1) is 22.4. The quantitative estimate of drug-likeness (QED) is 0.289. The molecule has 0 aromatic rings. The van der Waals surface area contributed by atoms with Crippen molar-refractivity contribution in [2.45, 2.75) is 11.0 Å². The molecular weight excluding hydrogens is 322 g/mol. The Kier molecular flexibility index (Phi) is 8.37. The van der Waals surface area contributed by atoms with Crippen molar-refractivity contribution >= 4 is 43.3 Å². The first-order chi connectivity index (χ1) is 6.50. The van der Waals surface area contributed by atoms with Crippen LogP contribution in [0.25, 0.3) is 0 Å². The topological polar surface area (TPSA) is 109 Å². The van der Waals surface area contributed by atoms with E-state index in [1.807, 2.05) is 0 Å². The summed E-state index contributed by atoms with van der Waals surface area (Å²) in [5.41, 5.74) is -11.1. The van der Waals surface area contributed by atoms with Gasteiger partial charge < -0.3 is 0 Å². The summed E-state index contributed by atoms with van der Waals surface area (Å²) in [6.07, 6.45) is 0. The van der Waals surface area contributed by atoms with Crippen LogP contribution in [0.15, 0.2) is 0 Å². The van der Waals surface area contributed by atoms with E-state index in [9.17, 15) is 26.3 Å². The second-order valence-electron chi connectivity index (χ2n) is 1.84. The highest BCUT2D eigenvalue weighted by Gasteiger charge is 2.45. The van der Waals surface area contributed by atoms with E-state index in [4.69, 9.17) is 25.9 Å². The van der Waals surface area contributed by atoms with Crippen LogP contribution < -0.4 is 0 Å². The second kappa shape index (κ2) is 6.37. The zero-order chi connectivity index (χ0) is 14.0. The van der Waals surface area contributed by atoms with Crippen LogP contribution in [0, 0.1) is 0 Å². The van der Waals surface area contributed by atoms with Gasteiger partial charge in [-0.3, -0.25) is 9.11 Å². The summed E-state index contributed by atoms with van der Waals surface area (Å²) in [5.74, 6) is 0. The Morgan fingerprint density at radius 1 is 0.647 bits per heavy atom. The van der Waals surface area contributed by atoms with Crippen LogP contribution in [0.3, 0.4) is 0 Å². The van der Waals surface area contributed by atoms with Crippen molar-refractivity contribution in [3.8, 4) is 0 Å². The summed E-state index contributed by atoms with van der Waals surface area (Å²) in [5, 5.41) is 0. The molecule has 2 radical (unpaired) electrons. The molecule has 0 aliphatic rings. The Hall–Kier alpha value is 0.166. The molecule has 0 rings (SSSR count). The van der Waals surface area contributed by atoms with Crippen molar-refractivity contribution in [3.63, 3.8) is 0 Å². The minimum Gasteiger partial charge on any atom is -0.279 e. The number of alkyl halides is 6. The molecular formula is C2H2F6MgO6S2. The summed E-state index contributed by atoms with van der Waals surface area (Å²) >= 11 is 0. The van der Waals surface area contributed by atoms with E-state index in [0.29, 0.717) is 0 Å². The second-order valence-corrected chi connectivity index (χ2v) is 4.67. The smallest absolute Gasteiger partial charge is 0.279 e. The Morgan fingerprint density at radius 3 is 0.706 bits per heavy atom. The fourth-order valence-corrected chi connectivity index (χ4v) is 0. The number of rotatable bonds is 0. The maximum atomic E-state index is 10.7. The maximum Gasteiger partial charge on any atom is 0.522 e.